The van der Waals surface area contributed by atoms with Gasteiger partial charge >= 0.3 is 0 Å². The number of rotatable bonds is 6. The molecule has 1 aromatic heterocycles. The molecule has 3 aliphatic rings. The number of benzene rings is 1. The third-order valence-electron chi connectivity index (χ3n) is 7.43. The van der Waals surface area contributed by atoms with Crippen molar-refractivity contribution in [2.24, 2.45) is 5.92 Å². The van der Waals surface area contributed by atoms with Crippen molar-refractivity contribution in [1.29, 1.82) is 5.41 Å². The summed E-state index contributed by atoms with van der Waals surface area (Å²) in [7, 11) is 0. The number of nitrogens with one attached hydrogen (secondary N) is 4. The Balaban J connectivity index is 1.27. The summed E-state index contributed by atoms with van der Waals surface area (Å²) in [5.74, 6) is 1.00. The number of aromatic nitrogens is 1. The molecule has 0 atom stereocenters. The fourth-order valence-corrected chi connectivity index (χ4v) is 5.75. The van der Waals surface area contributed by atoms with Gasteiger partial charge in [-0.1, -0.05) is 38.2 Å². The van der Waals surface area contributed by atoms with E-state index in [-0.39, 0.29) is 11.4 Å². The lowest BCUT2D eigenvalue weighted by Gasteiger charge is -2.25. The Labute approximate surface area is 190 Å². The summed E-state index contributed by atoms with van der Waals surface area (Å²) in [4.78, 5) is 17.9. The Morgan fingerprint density at radius 3 is 2.56 bits per heavy atom. The molecule has 5 rings (SSSR count). The summed E-state index contributed by atoms with van der Waals surface area (Å²) >= 11 is 0. The van der Waals surface area contributed by atoms with Crippen LogP contribution in [0.25, 0.3) is 0 Å². The van der Waals surface area contributed by atoms with E-state index >= 15 is 0 Å². The highest BCUT2D eigenvalue weighted by Gasteiger charge is 2.24. The van der Waals surface area contributed by atoms with E-state index < -0.39 is 0 Å². The van der Waals surface area contributed by atoms with E-state index in [9.17, 15) is 4.79 Å². The first-order valence-corrected chi connectivity index (χ1v) is 12.3. The molecule has 2 fully saturated rings. The van der Waals surface area contributed by atoms with E-state index in [2.05, 4.69) is 32.7 Å². The van der Waals surface area contributed by atoms with Crippen LogP contribution in [0.15, 0.2) is 35.3 Å². The van der Waals surface area contributed by atoms with Crippen LogP contribution in [0, 0.1) is 11.3 Å². The molecule has 0 unspecified atom stereocenters. The van der Waals surface area contributed by atoms with Crippen LogP contribution in [0.2, 0.25) is 0 Å². The number of nitrogens with zero attached hydrogens (tertiary/aromatic N) is 1. The van der Waals surface area contributed by atoms with Gasteiger partial charge in [-0.25, -0.2) is 0 Å². The van der Waals surface area contributed by atoms with Crippen molar-refractivity contribution in [1.82, 2.24) is 9.88 Å². The van der Waals surface area contributed by atoms with Crippen LogP contribution < -0.4 is 16.2 Å². The number of H-pyrrole nitrogens is 1. The smallest absolute Gasteiger partial charge is 0.261 e. The molecule has 1 aromatic carbocycles. The second-order valence-corrected chi connectivity index (χ2v) is 9.88. The molecule has 0 saturated heterocycles. The first kappa shape index (κ1) is 21.3. The zero-order valence-electron chi connectivity index (χ0n) is 18.9. The summed E-state index contributed by atoms with van der Waals surface area (Å²) in [6, 6.07) is 8.63. The average Bonchev–Trinajstić information content (AvgIpc) is 3.44. The van der Waals surface area contributed by atoms with Crippen molar-refractivity contribution in [3.05, 3.63) is 57.5 Å². The Bertz CT molecular complexity index is 1020. The highest BCUT2D eigenvalue weighted by Crippen LogP contribution is 2.31. The predicted molar refractivity (Wildman–Crippen MR) is 131 cm³/mol. The molecule has 2 heterocycles. The largest absolute Gasteiger partial charge is 0.382 e. The van der Waals surface area contributed by atoms with E-state index in [0.29, 0.717) is 11.6 Å². The van der Waals surface area contributed by atoms with Gasteiger partial charge in [-0.2, -0.15) is 0 Å². The zero-order chi connectivity index (χ0) is 21.9. The van der Waals surface area contributed by atoms with Crippen LogP contribution >= 0.6 is 0 Å². The van der Waals surface area contributed by atoms with Gasteiger partial charge in [0.15, 0.2) is 0 Å². The predicted octanol–water partition coefficient (Wildman–Crippen LogP) is 5.06. The molecule has 6 heteroatoms. The summed E-state index contributed by atoms with van der Waals surface area (Å²) < 4.78 is 0. The molecule has 6 nitrogen and oxygen atoms in total. The van der Waals surface area contributed by atoms with Gasteiger partial charge in [0.25, 0.3) is 5.56 Å². The van der Waals surface area contributed by atoms with Gasteiger partial charge in [-0.3, -0.25) is 15.1 Å². The van der Waals surface area contributed by atoms with Crippen LogP contribution in [-0.4, -0.2) is 28.3 Å². The number of hydrogen-bond acceptors (Lipinski definition) is 4. The molecule has 4 N–H and O–H groups in total. The van der Waals surface area contributed by atoms with E-state index in [1.165, 1.54) is 62.6 Å². The van der Waals surface area contributed by atoms with Crippen molar-refractivity contribution in [3.8, 4) is 0 Å². The molecule has 0 spiro atoms. The molecule has 2 aliphatic carbocycles. The summed E-state index contributed by atoms with van der Waals surface area (Å²) in [5.41, 5.74) is 4.51. The Hall–Kier alpha value is -2.60. The number of pyridine rings is 1. The van der Waals surface area contributed by atoms with Gasteiger partial charge in [0.1, 0.15) is 11.4 Å². The van der Waals surface area contributed by atoms with Gasteiger partial charge in [0, 0.05) is 37.6 Å². The van der Waals surface area contributed by atoms with E-state index in [0.717, 1.165) is 43.2 Å². The van der Waals surface area contributed by atoms with Gasteiger partial charge in [0.05, 0.1) is 5.69 Å². The molecule has 2 aromatic rings. The van der Waals surface area contributed by atoms with Gasteiger partial charge in [-0.15, -0.1) is 0 Å². The fraction of sp³-hybridized carbons (Fsp3) is 0.538. The molecular formula is C26H35N5O. The Morgan fingerprint density at radius 2 is 1.75 bits per heavy atom. The average molecular weight is 434 g/mol. The third-order valence-corrected chi connectivity index (χ3v) is 7.43. The minimum atomic E-state index is -0.229. The van der Waals surface area contributed by atoms with Gasteiger partial charge in [-0.05, 0) is 60.9 Å². The van der Waals surface area contributed by atoms with Crippen LogP contribution in [0.5, 0.6) is 0 Å². The first-order valence-electron chi connectivity index (χ1n) is 12.3. The molecule has 0 amide bonds. The SMILES string of the molecule is N=C(Nc1ccc2c(c1)CN(CC1CCCC1)C2)c1c(NC2CCCCC2)cc[nH]c1=O. The molecule has 32 heavy (non-hydrogen) atoms. The lowest BCUT2D eigenvalue weighted by Crippen LogP contribution is -2.29. The Kier molecular flexibility index (Phi) is 6.30. The molecule has 1 aliphatic heterocycles. The monoisotopic (exact) mass is 433 g/mol. The van der Waals surface area contributed by atoms with E-state index in [1.54, 1.807) is 6.20 Å². The molecular weight excluding hydrogens is 398 g/mol. The molecule has 0 radical (unpaired) electrons. The van der Waals surface area contributed by atoms with E-state index in [1.807, 2.05) is 12.1 Å². The summed E-state index contributed by atoms with van der Waals surface area (Å²) in [6.45, 7) is 3.20. The number of anilines is 2. The number of aromatic amines is 1. The first-order chi connectivity index (χ1) is 15.7. The van der Waals surface area contributed by atoms with Crippen LogP contribution in [0.4, 0.5) is 11.4 Å². The Morgan fingerprint density at radius 1 is 1.00 bits per heavy atom. The number of amidine groups is 1. The highest BCUT2D eigenvalue weighted by atomic mass is 16.1. The van der Waals surface area contributed by atoms with Crippen molar-refractivity contribution >= 4 is 17.2 Å². The lowest BCUT2D eigenvalue weighted by molar-refractivity contribution is 0.237. The van der Waals surface area contributed by atoms with Gasteiger partial charge in [0.2, 0.25) is 0 Å². The highest BCUT2D eigenvalue weighted by molar-refractivity contribution is 6.09. The standard InChI is InChI=1S/C26H35N5O/c27-25(24-23(12-13-28-26(24)32)29-21-8-2-1-3-9-21)30-22-11-10-19-16-31(17-20(19)14-22)15-18-6-4-5-7-18/h10-14,18,21H,1-9,15-17H2,(H2,27,30)(H2,28,29,32). The van der Waals surface area contributed by atoms with Crippen molar-refractivity contribution in [2.45, 2.75) is 76.9 Å². The minimum Gasteiger partial charge on any atom is -0.382 e. The number of hydrogen-bond donors (Lipinski definition) is 4. The van der Waals surface area contributed by atoms with Crippen molar-refractivity contribution in [3.63, 3.8) is 0 Å². The maximum absolute atomic E-state index is 12.6. The quantitative estimate of drug-likeness (QED) is 0.379. The summed E-state index contributed by atoms with van der Waals surface area (Å²) in [5, 5.41) is 15.4. The van der Waals surface area contributed by atoms with Gasteiger partial charge < -0.3 is 15.6 Å². The second-order valence-electron chi connectivity index (χ2n) is 9.88. The lowest BCUT2D eigenvalue weighted by atomic mass is 9.95. The van der Waals surface area contributed by atoms with Crippen LogP contribution in [-0.2, 0) is 13.1 Å². The maximum atomic E-state index is 12.6. The second kappa shape index (κ2) is 9.49. The molecule has 0 bridgehead atoms. The number of fused-ring (bicyclic) bond motifs is 1. The van der Waals surface area contributed by atoms with Crippen LogP contribution in [0.3, 0.4) is 0 Å². The summed E-state index contributed by atoms with van der Waals surface area (Å²) in [6.07, 6.45) is 13.2. The van der Waals surface area contributed by atoms with Crippen LogP contribution in [0.1, 0.15) is 74.5 Å². The van der Waals surface area contributed by atoms with Crippen molar-refractivity contribution in [2.75, 3.05) is 17.2 Å². The minimum absolute atomic E-state index is 0.144. The van der Waals surface area contributed by atoms with E-state index in [4.69, 9.17) is 5.41 Å². The normalized spacial score (nSPS) is 19.8. The fourth-order valence-electron chi connectivity index (χ4n) is 5.75. The third kappa shape index (κ3) is 4.75. The topological polar surface area (TPSA) is 84.0 Å². The van der Waals surface area contributed by atoms with Crippen molar-refractivity contribution < 1.29 is 0 Å². The zero-order valence-corrected chi connectivity index (χ0v) is 18.9. The maximum Gasteiger partial charge on any atom is 0.261 e. The molecule has 2 saturated carbocycles. The molecule has 170 valence electrons.